The van der Waals surface area contributed by atoms with E-state index >= 15 is 0 Å². The molecule has 1 saturated carbocycles. The summed E-state index contributed by atoms with van der Waals surface area (Å²) in [7, 11) is 0. The van der Waals surface area contributed by atoms with Gasteiger partial charge in [-0.05, 0) is 42.4 Å². The van der Waals surface area contributed by atoms with Crippen LogP contribution >= 0.6 is 0 Å². The molecule has 0 aromatic carbocycles. The Labute approximate surface area is 105 Å². The first kappa shape index (κ1) is 12.9. The third kappa shape index (κ3) is 2.23. The molecule has 1 aliphatic heterocycles. The van der Waals surface area contributed by atoms with Gasteiger partial charge in [0.15, 0.2) is 0 Å². The van der Waals surface area contributed by atoms with Crippen LogP contribution in [0.5, 0.6) is 0 Å². The monoisotopic (exact) mass is 238 g/mol. The van der Waals surface area contributed by atoms with E-state index in [0.29, 0.717) is 23.7 Å². The van der Waals surface area contributed by atoms with Crippen molar-refractivity contribution >= 4 is 5.97 Å². The third-order valence-corrected chi connectivity index (χ3v) is 5.30. The van der Waals surface area contributed by atoms with Gasteiger partial charge in [0.2, 0.25) is 0 Å². The van der Waals surface area contributed by atoms with Crippen LogP contribution in [0, 0.1) is 35.5 Å². The number of hydrogen-bond acceptors (Lipinski definition) is 2. The fourth-order valence-corrected chi connectivity index (χ4v) is 3.70. The molecule has 1 aliphatic carbocycles. The molecule has 98 valence electrons. The van der Waals surface area contributed by atoms with Crippen molar-refractivity contribution in [3.8, 4) is 0 Å². The van der Waals surface area contributed by atoms with Crippen LogP contribution in [0.4, 0.5) is 0 Å². The van der Waals surface area contributed by atoms with Gasteiger partial charge in [-0.2, -0.15) is 0 Å². The van der Waals surface area contributed by atoms with Crippen LogP contribution in [0.25, 0.3) is 0 Å². The largest absolute Gasteiger partial charge is 0.462 e. The summed E-state index contributed by atoms with van der Waals surface area (Å²) in [4.78, 5) is 12.0. The number of carbonyl (C=O) groups excluding carboxylic acids is 1. The van der Waals surface area contributed by atoms with Crippen LogP contribution < -0.4 is 0 Å². The van der Waals surface area contributed by atoms with Crippen molar-refractivity contribution in [1.29, 1.82) is 0 Å². The summed E-state index contributed by atoms with van der Waals surface area (Å²) in [6.45, 7) is 11.2. The first-order valence-corrected chi connectivity index (χ1v) is 7.12. The Morgan fingerprint density at radius 2 is 1.76 bits per heavy atom. The molecule has 0 N–H and O–H groups in total. The van der Waals surface area contributed by atoms with Gasteiger partial charge >= 0.3 is 5.97 Å². The van der Waals surface area contributed by atoms with Gasteiger partial charge in [0, 0.05) is 0 Å². The van der Waals surface area contributed by atoms with Gasteiger partial charge in [-0.1, -0.05) is 34.6 Å². The van der Waals surface area contributed by atoms with Crippen molar-refractivity contribution < 1.29 is 9.53 Å². The van der Waals surface area contributed by atoms with Crippen LogP contribution in [-0.4, -0.2) is 12.1 Å². The van der Waals surface area contributed by atoms with Crippen molar-refractivity contribution in [3.63, 3.8) is 0 Å². The molecular weight excluding hydrogens is 212 g/mol. The fraction of sp³-hybridized carbons (Fsp3) is 0.933. The number of ether oxygens (including phenoxy) is 1. The van der Waals surface area contributed by atoms with Crippen molar-refractivity contribution in [2.24, 2.45) is 35.5 Å². The van der Waals surface area contributed by atoms with E-state index in [0.717, 1.165) is 12.3 Å². The third-order valence-electron chi connectivity index (χ3n) is 5.30. The van der Waals surface area contributed by atoms with Crippen LogP contribution in [0.1, 0.15) is 47.5 Å². The lowest BCUT2D eigenvalue weighted by Crippen LogP contribution is -2.49. The van der Waals surface area contributed by atoms with E-state index in [2.05, 4.69) is 34.6 Å². The molecule has 6 atom stereocenters. The lowest BCUT2D eigenvalue weighted by molar-refractivity contribution is -0.181. The standard InChI is InChI=1S/C15H26O2/c1-8(2)13-7-12-6-9(3)10(4)11(5)14(12)17-15(13)16/h8-14H,6-7H2,1-5H3. The second kappa shape index (κ2) is 4.62. The Hall–Kier alpha value is -0.530. The fourth-order valence-electron chi connectivity index (χ4n) is 3.70. The molecular formula is C15H26O2. The van der Waals surface area contributed by atoms with E-state index in [1.165, 1.54) is 6.42 Å². The first-order valence-electron chi connectivity index (χ1n) is 7.12. The molecule has 0 bridgehead atoms. The summed E-state index contributed by atoms with van der Waals surface area (Å²) in [6, 6.07) is 0. The topological polar surface area (TPSA) is 26.3 Å². The Balaban J connectivity index is 2.13. The molecule has 1 saturated heterocycles. The summed E-state index contributed by atoms with van der Waals surface area (Å²) in [5.41, 5.74) is 0. The molecule has 0 amide bonds. The normalized spacial score (nSPS) is 46.6. The van der Waals surface area contributed by atoms with E-state index in [1.807, 2.05) is 0 Å². The highest BCUT2D eigenvalue weighted by Crippen LogP contribution is 2.45. The summed E-state index contributed by atoms with van der Waals surface area (Å²) in [5, 5.41) is 0. The van der Waals surface area contributed by atoms with E-state index in [9.17, 15) is 4.79 Å². The Morgan fingerprint density at radius 3 is 2.35 bits per heavy atom. The molecule has 1 heterocycles. The second-order valence-corrected chi connectivity index (χ2v) is 6.68. The summed E-state index contributed by atoms with van der Waals surface area (Å²) >= 11 is 0. The zero-order valence-corrected chi connectivity index (χ0v) is 11.8. The highest BCUT2D eigenvalue weighted by molar-refractivity contribution is 5.73. The molecule has 0 aromatic heterocycles. The van der Waals surface area contributed by atoms with Gasteiger partial charge in [0.25, 0.3) is 0 Å². The molecule has 2 rings (SSSR count). The average molecular weight is 238 g/mol. The molecule has 17 heavy (non-hydrogen) atoms. The maximum Gasteiger partial charge on any atom is 0.309 e. The Kier molecular flexibility index (Phi) is 3.51. The van der Waals surface area contributed by atoms with E-state index in [4.69, 9.17) is 4.74 Å². The molecule has 2 nitrogen and oxygen atoms in total. The van der Waals surface area contributed by atoms with Gasteiger partial charge in [-0.3, -0.25) is 4.79 Å². The van der Waals surface area contributed by atoms with Crippen LogP contribution in [0.3, 0.4) is 0 Å². The molecule has 2 fully saturated rings. The highest BCUT2D eigenvalue weighted by Gasteiger charge is 2.46. The minimum atomic E-state index is 0.0508. The maximum absolute atomic E-state index is 12.0. The minimum Gasteiger partial charge on any atom is -0.462 e. The van der Waals surface area contributed by atoms with E-state index in [1.54, 1.807) is 0 Å². The van der Waals surface area contributed by atoms with Gasteiger partial charge in [-0.25, -0.2) is 0 Å². The highest BCUT2D eigenvalue weighted by atomic mass is 16.5. The number of rotatable bonds is 1. The molecule has 2 heteroatoms. The average Bonchev–Trinajstić information content (AvgIpc) is 2.26. The van der Waals surface area contributed by atoms with E-state index in [-0.39, 0.29) is 18.0 Å². The van der Waals surface area contributed by atoms with Crippen molar-refractivity contribution in [3.05, 3.63) is 0 Å². The number of hydrogen-bond donors (Lipinski definition) is 0. The number of carbonyl (C=O) groups is 1. The lowest BCUT2D eigenvalue weighted by atomic mass is 9.64. The predicted octanol–water partition coefficient (Wildman–Crippen LogP) is 3.50. The first-order chi connectivity index (χ1) is 7.91. The van der Waals surface area contributed by atoms with Crippen LogP contribution in [-0.2, 0) is 9.53 Å². The van der Waals surface area contributed by atoms with Crippen molar-refractivity contribution in [1.82, 2.24) is 0 Å². The minimum absolute atomic E-state index is 0.0508. The summed E-state index contributed by atoms with van der Waals surface area (Å²) in [5.74, 6) is 3.13. The SMILES string of the molecule is CC(C)C1CC2CC(C)C(C)C(C)C2OC1=O. The summed E-state index contributed by atoms with van der Waals surface area (Å²) in [6.07, 6.45) is 2.46. The molecule has 0 aromatic rings. The van der Waals surface area contributed by atoms with Crippen LogP contribution in [0.15, 0.2) is 0 Å². The van der Waals surface area contributed by atoms with Gasteiger partial charge in [0.05, 0.1) is 5.92 Å². The molecule has 0 radical (unpaired) electrons. The smallest absolute Gasteiger partial charge is 0.309 e. The molecule has 6 unspecified atom stereocenters. The van der Waals surface area contributed by atoms with Gasteiger partial charge < -0.3 is 4.74 Å². The second-order valence-electron chi connectivity index (χ2n) is 6.68. The number of esters is 1. The molecule has 2 aliphatic rings. The Bertz CT molecular complexity index is 297. The van der Waals surface area contributed by atoms with E-state index < -0.39 is 0 Å². The summed E-state index contributed by atoms with van der Waals surface area (Å²) < 4.78 is 5.76. The van der Waals surface area contributed by atoms with Gasteiger partial charge in [0.1, 0.15) is 6.10 Å². The maximum atomic E-state index is 12.0. The zero-order valence-electron chi connectivity index (χ0n) is 11.8. The molecule has 0 spiro atoms. The Morgan fingerprint density at radius 1 is 1.12 bits per heavy atom. The lowest BCUT2D eigenvalue weighted by Gasteiger charge is -2.47. The zero-order chi connectivity index (χ0) is 12.7. The predicted molar refractivity (Wildman–Crippen MR) is 68.4 cm³/mol. The quantitative estimate of drug-likeness (QED) is 0.653. The van der Waals surface area contributed by atoms with Crippen molar-refractivity contribution in [2.75, 3.05) is 0 Å². The van der Waals surface area contributed by atoms with Gasteiger partial charge in [-0.15, -0.1) is 0 Å². The number of fused-ring (bicyclic) bond motifs is 1. The van der Waals surface area contributed by atoms with Crippen molar-refractivity contribution in [2.45, 2.75) is 53.6 Å². The van der Waals surface area contributed by atoms with Crippen LogP contribution in [0.2, 0.25) is 0 Å².